The van der Waals surface area contributed by atoms with Gasteiger partial charge in [-0.3, -0.25) is 19.1 Å². The molecule has 174 valence electrons. The third-order valence-electron chi connectivity index (χ3n) is 4.96. The Labute approximate surface area is 201 Å². The zero-order valence-corrected chi connectivity index (χ0v) is 20.4. The van der Waals surface area contributed by atoms with E-state index in [0.717, 1.165) is 16.3 Å². The molecule has 0 saturated carbocycles. The number of nitrogens with one attached hydrogen (secondary N) is 3. The lowest BCUT2D eigenvalue weighted by molar-refractivity contribution is -0.121. The molecule has 2 atom stereocenters. The van der Waals surface area contributed by atoms with E-state index < -0.39 is 12.1 Å². The molecule has 0 bridgehead atoms. The smallest absolute Gasteiger partial charge is 0.248 e. The van der Waals surface area contributed by atoms with Gasteiger partial charge >= 0.3 is 0 Å². The van der Waals surface area contributed by atoms with Crippen LogP contribution >= 0.6 is 22.9 Å². The predicted molar refractivity (Wildman–Crippen MR) is 131 cm³/mol. The molecule has 3 aromatic rings. The Hall–Kier alpha value is -3.17. The van der Waals surface area contributed by atoms with Crippen LogP contribution < -0.4 is 16.0 Å². The molecule has 2 aromatic heterocycles. The first kappa shape index (κ1) is 24.5. The topological polar surface area (TPSA) is 105 Å². The van der Waals surface area contributed by atoms with Crippen molar-refractivity contribution < 1.29 is 14.4 Å². The minimum atomic E-state index is -0.517. The van der Waals surface area contributed by atoms with Crippen molar-refractivity contribution in [1.82, 2.24) is 15.1 Å². The van der Waals surface area contributed by atoms with Gasteiger partial charge in [-0.2, -0.15) is 5.10 Å². The fraction of sp³-hybridized carbons (Fsp3) is 0.304. The average molecular weight is 488 g/mol. The third kappa shape index (κ3) is 6.43. The molecule has 0 aliphatic rings. The average Bonchev–Trinajstić information content (AvgIpc) is 3.38. The van der Waals surface area contributed by atoms with Crippen LogP contribution in [0, 0.1) is 13.8 Å². The Morgan fingerprint density at radius 3 is 2.48 bits per heavy atom. The van der Waals surface area contributed by atoms with E-state index in [4.69, 9.17) is 11.6 Å². The first-order chi connectivity index (χ1) is 15.6. The van der Waals surface area contributed by atoms with E-state index in [9.17, 15) is 14.4 Å². The molecule has 10 heteroatoms. The van der Waals surface area contributed by atoms with Crippen molar-refractivity contribution >= 4 is 52.0 Å². The Morgan fingerprint density at radius 2 is 1.91 bits per heavy atom. The van der Waals surface area contributed by atoms with Crippen LogP contribution in [0.1, 0.15) is 48.6 Å². The predicted octanol–water partition coefficient (Wildman–Crippen LogP) is 4.62. The summed E-state index contributed by atoms with van der Waals surface area (Å²) in [4.78, 5) is 37.7. The van der Waals surface area contributed by atoms with Crippen LogP contribution in [-0.4, -0.2) is 27.5 Å². The molecule has 3 rings (SSSR count). The highest BCUT2D eigenvalue weighted by atomic mass is 35.5. The van der Waals surface area contributed by atoms with Gasteiger partial charge in [-0.15, -0.1) is 11.3 Å². The molecule has 0 aliphatic carbocycles. The van der Waals surface area contributed by atoms with Gasteiger partial charge in [0.25, 0.3) is 0 Å². The lowest BCUT2D eigenvalue weighted by Gasteiger charge is -2.17. The standard InChI is InChI=1S/C23H26ClN5O3S/c1-13-10-14(2)29(28-13)15(3)23(32)27-19-8-7-17(11-18(19)24)26-22(31)12-20(25-16(4)30)21-6-5-9-33-21/h5-11,15,20H,12H2,1-4H3,(H,25,30)(H,26,31)(H,27,32). The maximum Gasteiger partial charge on any atom is 0.248 e. The maximum atomic E-state index is 12.7. The number of nitrogens with zero attached hydrogens (tertiary/aromatic N) is 2. The third-order valence-corrected chi connectivity index (χ3v) is 6.25. The van der Waals surface area contributed by atoms with Gasteiger partial charge < -0.3 is 16.0 Å². The number of benzene rings is 1. The quantitative estimate of drug-likeness (QED) is 0.431. The number of amides is 3. The maximum absolute atomic E-state index is 12.7. The molecule has 1 aromatic carbocycles. The van der Waals surface area contributed by atoms with Gasteiger partial charge in [0.1, 0.15) is 6.04 Å². The van der Waals surface area contributed by atoms with Crippen LogP contribution in [0.2, 0.25) is 5.02 Å². The highest BCUT2D eigenvalue weighted by molar-refractivity contribution is 7.10. The van der Waals surface area contributed by atoms with Crippen molar-refractivity contribution in [3.63, 3.8) is 0 Å². The van der Waals surface area contributed by atoms with Crippen molar-refractivity contribution in [3.05, 3.63) is 63.1 Å². The van der Waals surface area contributed by atoms with E-state index in [1.165, 1.54) is 18.3 Å². The molecular weight excluding hydrogens is 462 g/mol. The van der Waals surface area contributed by atoms with Crippen LogP contribution in [0.15, 0.2) is 41.8 Å². The highest BCUT2D eigenvalue weighted by Crippen LogP contribution is 2.28. The van der Waals surface area contributed by atoms with E-state index >= 15 is 0 Å². The summed E-state index contributed by atoms with van der Waals surface area (Å²) in [7, 11) is 0. The van der Waals surface area contributed by atoms with Crippen LogP contribution in [0.3, 0.4) is 0 Å². The zero-order chi connectivity index (χ0) is 24.1. The van der Waals surface area contributed by atoms with E-state index in [-0.39, 0.29) is 24.1 Å². The molecule has 3 N–H and O–H groups in total. The molecular formula is C23H26ClN5O3S. The largest absolute Gasteiger partial charge is 0.348 e. The number of anilines is 2. The number of carbonyl (C=O) groups is 3. The summed E-state index contributed by atoms with van der Waals surface area (Å²) in [5.74, 6) is -0.735. The molecule has 0 fully saturated rings. The molecule has 8 nitrogen and oxygen atoms in total. The second-order valence-corrected chi connectivity index (χ2v) is 9.14. The van der Waals surface area contributed by atoms with Crippen molar-refractivity contribution in [3.8, 4) is 0 Å². The summed E-state index contributed by atoms with van der Waals surface area (Å²) >= 11 is 7.83. The number of hydrogen-bond acceptors (Lipinski definition) is 5. The van der Waals surface area contributed by atoms with Crippen LogP contribution in [0.4, 0.5) is 11.4 Å². The molecule has 2 unspecified atom stereocenters. The first-order valence-corrected chi connectivity index (χ1v) is 11.6. The van der Waals surface area contributed by atoms with E-state index in [2.05, 4.69) is 21.0 Å². The van der Waals surface area contributed by atoms with Crippen LogP contribution in [0.5, 0.6) is 0 Å². The number of hydrogen-bond donors (Lipinski definition) is 3. The highest BCUT2D eigenvalue weighted by Gasteiger charge is 2.20. The van der Waals surface area contributed by atoms with Gasteiger partial charge in [0.2, 0.25) is 17.7 Å². The Balaban J connectivity index is 1.63. The summed E-state index contributed by atoms with van der Waals surface area (Å²) in [6.45, 7) is 6.94. The van der Waals surface area contributed by atoms with Crippen molar-refractivity contribution in [2.24, 2.45) is 0 Å². The van der Waals surface area contributed by atoms with E-state index in [0.29, 0.717) is 16.4 Å². The van der Waals surface area contributed by atoms with Crippen molar-refractivity contribution in [1.29, 1.82) is 0 Å². The Morgan fingerprint density at radius 1 is 1.15 bits per heavy atom. The minimum absolute atomic E-state index is 0.0797. The summed E-state index contributed by atoms with van der Waals surface area (Å²) in [5.41, 5.74) is 2.65. The summed E-state index contributed by atoms with van der Waals surface area (Å²) < 4.78 is 1.66. The van der Waals surface area contributed by atoms with E-state index in [1.54, 1.807) is 29.8 Å². The molecule has 3 amide bonds. The number of aromatic nitrogens is 2. The fourth-order valence-corrected chi connectivity index (χ4v) is 4.44. The fourth-order valence-electron chi connectivity index (χ4n) is 3.44. The van der Waals surface area contributed by atoms with Gasteiger partial charge in [0.15, 0.2) is 0 Å². The van der Waals surface area contributed by atoms with Crippen LogP contribution in [0.25, 0.3) is 0 Å². The number of rotatable bonds is 8. The number of thiophene rings is 1. The summed E-state index contributed by atoms with van der Waals surface area (Å²) in [6, 6.07) is 9.59. The Bertz CT molecular complexity index is 1160. The minimum Gasteiger partial charge on any atom is -0.348 e. The molecule has 0 spiro atoms. The van der Waals surface area contributed by atoms with Crippen molar-refractivity contribution in [2.75, 3.05) is 10.6 Å². The number of carbonyl (C=O) groups excluding carboxylic acids is 3. The van der Waals surface area contributed by atoms with Gasteiger partial charge in [-0.05, 0) is 56.5 Å². The lowest BCUT2D eigenvalue weighted by Crippen LogP contribution is -2.29. The zero-order valence-electron chi connectivity index (χ0n) is 18.8. The molecule has 0 saturated heterocycles. The first-order valence-electron chi connectivity index (χ1n) is 10.4. The van der Waals surface area contributed by atoms with Crippen molar-refractivity contribution in [2.45, 2.75) is 46.2 Å². The monoisotopic (exact) mass is 487 g/mol. The van der Waals surface area contributed by atoms with Gasteiger partial charge in [0.05, 0.1) is 28.9 Å². The molecule has 0 aliphatic heterocycles. The second kappa shape index (κ2) is 10.6. The number of aryl methyl sites for hydroxylation is 2. The van der Waals surface area contributed by atoms with E-state index in [1.807, 2.05) is 37.4 Å². The van der Waals surface area contributed by atoms with Gasteiger partial charge in [-0.25, -0.2) is 0 Å². The second-order valence-electron chi connectivity index (χ2n) is 7.75. The van der Waals surface area contributed by atoms with Gasteiger partial charge in [-0.1, -0.05) is 17.7 Å². The summed E-state index contributed by atoms with van der Waals surface area (Å²) in [6.07, 6.45) is 0.0797. The molecule has 2 heterocycles. The normalized spacial score (nSPS) is 12.6. The lowest BCUT2D eigenvalue weighted by atomic mass is 10.1. The SMILES string of the molecule is CC(=O)NC(CC(=O)Nc1ccc(NC(=O)C(C)n2nc(C)cc2C)c(Cl)c1)c1cccs1. The van der Waals surface area contributed by atoms with Crippen LogP contribution in [-0.2, 0) is 14.4 Å². The number of halogens is 1. The van der Waals surface area contributed by atoms with Gasteiger partial charge in [0, 0.05) is 23.2 Å². The molecule has 33 heavy (non-hydrogen) atoms. The summed E-state index contributed by atoms with van der Waals surface area (Å²) in [5, 5.41) is 14.9. The Kier molecular flexibility index (Phi) is 7.88. The molecule has 0 radical (unpaired) electrons.